The standard InChI is InChI=1S/C11H17N5O/c17-11(13-8-4-5-8)12-7-10-15-14-9-3-1-2-6-16(9)10/h8H,1-7H2,(H2,12,13,17). The smallest absolute Gasteiger partial charge is 0.315 e. The molecule has 2 amide bonds. The molecule has 1 aliphatic carbocycles. The van der Waals surface area contributed by atoms with Gasteiger partial charge in [0.1, 0.15) is 5.82 Å². The monoisotopic (exact) mass is 235 g/mol. The van der Waals surface area contributed by atoms with Crippen LogP contribution in [0.3, 0.4) is 0 Å². The normalized spacial score (nSPS) is 18.6. The maximum atomic E-state index is 11.5. The summed E-state index contributed by atoms with van der Waals surface area (Å²) in [5.74, 6) is 1.92. The summed E-state index contributed by atoms with van der Waals surface area (Å²) >= 11 is 0. The van der Waals surface area contributed by atoms with Crippen LogP contribution < -0.4 is 10.6 Å². The Balaban J connectivity index is 1.57. The van der Waals surface area contributed by atoms with Gasteiger partial charge in [-0.15, -0.1) is 10.2 Å². The van der Waals surface area contributed by atoms with Crippen molar-refractivity contribution in [1.29, 1.82) is 0 Å². The molecule has 3 rings (SSSR count). The summed E-state index contributed by atoms with van der Waals surface area (Å²) in [6.07, 6.45) is 5.57. The molecule has 0 saturated heterocycles. The SMILES string of the molecule is O=C(NCc1nnc2n1CCCC2)NC1CC1. The molecule has 1 aromatic heterocycles. The van der Waals surface area contributed by atoms with Crippen LogP contribution in [0, 0.1) is 0 Å². The highest BCUT2D eigenvalue weighted by Crippen LogP contribution is 2.18. The third-order valence-corrected chi connectivity index (χ3v) is 3.26. The molecule has 0 aromatic carbocycles. The highest BCUT2D eigenvalue weighted by atomic mass is 16.2. The van der Waals surface area contributed by atoms with Gasteiger partial charge < -0.3 is 15.2 Å². The maximum Gasteiger partial charge on any atom is 0.315 e. The summed E-state index contributed by atoms with van der Waals surface area (Å²) in [4.78, 5) is 11.5. The Hall–Kier alpha value is -1.59. The first-order chi connectivity index (χ1) is 8.33. The summed E-state index contributed by atoms with van der Waals surface area (Å²) in [7, 11) is 0. The number of carbonyl (C=O) groups excluding carboxylic acids is 1. The van der Waals surface area contributed by atoms with E-state index in [1.807, 2.05) is 0 Å². The third kappa shape index (κ3) is 2.40. The van der Waals surface area contributed by atoms with E-state index in [4.69, 9.17) is 0 Å². The van der Waals surface area contributed by atoms with Gasteiger partial charge in [-0.05, 0) is 25.7 Å². The molecule has 2 N–H and O–H groups in total. The van der Waals surface area contributed by atoms with Crippen LogP contribution in [0.1, 0.15) is 37.3 Å². The largest absolute Gasteiger partial charge is 0.335 e. The zero-order chi connectivity index (χ0) is 11.7. The number of hydrogen-bond donors (Lipinski definition) is 2. The Kier molecular flexibility index (Phi) is 2.70. The van der Waals surface area contributed by atoms with Crippen LogP contribution in [0.2, 0.25) is 0 Å². The van der Waals surface area contributed by atoms with E-state index in [0.29, 0.717) is 12.6 Å². The van der Waals surface area contributed by atoms with Gasteiger partial charge in [-0.25, -0.2) is 4.79 Å². The van der Waals surface area contributed by atoms with Crippen molar-refractivity contribution in [3.8, 4) is 0 Å². The van der Waals surface area contributed by atoms with Crippen LogP contribution in [-0.4, -0.2) is 26.8 Å². The van der Waals surface area contributed by atoms with Crippen molar-refractivity contribution in [2.75, 3.05) is 0 Å². The van der Waals surface area contributed by atoms with Gasteiger partial charge >= 0.3 is 6.03 Å². The van der Waals surface area contributed by atoms with E-state index in [1.165, 1.54) is 12.8 Å². The van der Waals surface area contributed by atoms with Gasteiger partial charge in [0, 0.05) is 19.0 Å². The molecule has 0 bridgehead atoms. The summed E-state index contributed by atoms with van der Waals surface area (Å²) in [6, 6.07) is 0.294. The second-order valence-corrected chi connectivity index (χ2v) is 4.74. The quantitative estimate of drug-likeness (QED) is 0.804. The van der Waals surface area contributed by atoms with Gasteiger partial charge in [-0.1, -0.05) is 0 Å². The molecule has 0 atom stereocenters. The molecular formula is C11H17N5O. The van der Waals surface area contributed by atoms with Crippen molar-refractivity contribution in [3.63, 3.8) is 0 Å². The van der Waals surface area contributed by atoms with Gasteiger partial charge in [-0.3, -0.25) is 0 Å². The molecule has 1 fully saturated rings. The van der Waals surface area contributed by atoms with E-state index in [9.17, 15) is 4.79 Å². The second-order valence-electron chi connectivity index (χ2n) is 4.74. The average Bonchev–Trinajstić information content (AvgIpc) is 3.06. The van der Waals surface area contributed by atoms with E-state index >= 15 is 0 Å². The first kappa shape index (κ1) is 10.6. The zero-order valence-corrected chi connectivity index (χ0v) is 9.78. The number of nitrogens with one attached hydrogen (secondary N) is 2. The topological polar surface area (TPSA) is 71.8 Å². The van der Waals surface area contributed by atoms with Crippen molar-refractivity contribution < 1.29 is 4.79 Å². The molecule has 0 unspecified atom stereocenters. The summed E-state index contributed by atoms with van der Waals surface area (Å²) in [5.41, 5.74) is 0. The van der Waals surface area contributed by atoms with E-state index in [-0.39, 0.29) is 6.03 Å². The lowest BCUT2D eigenvalue weighted by molar-refractivity contribution is 0.239. The highest BCUT2D eigenvalue weighted by molar-refractivity contribution is 5.74. The van der Waals surface area contributed by atoms with Gasteiger partial charge in [0.25, 0.3) is 0 Å². The van der Waals surface area contributed by atoms with Crippen LogP contribution in [0.25, 0.3) is 0 Å². The Labute approximate surface area is 99.8 Å². The Morgan fingerprint density at radius 1 is 1.35 bits per heavy atom. The average molecular weight is 235 g/mol. The first-order valence-electron chi connectivity index (χ1n) is 6.28. The summed E-state index contributed by atoms with van der Waals surface area (Å²) in [6.45, 7) is 1.44. The molecule has 1 aliphatic heterocycles. The van der Waals surface area contributed by atoms with Crippen LogP contribution in [0.15, 0.2) is 0 Å². The number of carbonyl (C=O) groups is 1. The van der Waals surface area contributed by atoms with Crippen LogP contribution >= 0.6 is 0 Å². The highest BCUT2D eigenvalue weighted by Gasteiger charge is 2.23. The zero-order valence-electron chi connectivity index (χ0n) is 9.78. The van der Waals surface area contributed by atoms with E-state index < -0.39 is 0 Å². The molecule has 0 radical (unpaired) electrons. The van der Waals surface area contributed by atoms with Crippen LogP contribution in [0.4, 0.5) is 4.79 Å². The van der Waals surface area contributed by atoms with Gasteiger partial charge in [0.15, 0.2) is 5.82 Å². The summed E-state index contributed by atoms with van der Waals surface area (Å²) in [5, 5.41) is 14.0. The van der Waals surface area contributed by atoms with Crippen molar-refractivity contribution in [2.45, 2.75) is 51.2 Å². The number of urea groups is 1. The Morgan fingerprint density at radius 3 is 3.06 bits per heavy atom. The molecule has 17 heavy (non-hydrogen) atoms. The minimum atomic E-state index is -0.0966. The second kappa shape index (κ2) is 4.35. The number of hydrogen-bond acceptors (Lipinski definition) is 3. The van der Waals surface area contributed by atoms with E-state index in [0.717, 1.165) is 37.5 Å². The number of fused-ring (bicyclic) bond motifs is 1. The molecule has 2 aliphatic rings. The van der Waals surface area contributed by atoms with Gasteiger partial charge in [0.2, 0.25) is 0 Å². The van der Waals surface area contributed by atoms with Crippen LogP contribution in [0.5, 0.6) is 0 Å². The Morgan fingerprint density at radius 2 is 2.24 bits per heavy atom. The minimum Gasteiger partial charge on any atom is -0.335 e. The molecule has 1 aromatic rings. The molecular weight excluding hydrogens is 218 g/mol. The predicted molar refractivity (Wildman–Crippen MR) is 61.4 cm³/mol. The molecule has 92 valence electrons. The first-order valence-corrected chi connectivity index (χ1v) is 6.28. The third-order valence-electron chi connectivity index (χ3n) is 3.26. The van der Waals surface area contributed by atoms with E-state index in [1.54, 1.807) is 0 Å². The van der Waals surface area contributed by atoms with Gasteiger partial charge in [0.05, 0.1) is 6.54 Å². The summed E-state index contributed by atoms with van der Waals surface area (Å²) < 4.78 is 2.13. The van der Waals surface area contributed by atoms with E-state index in [2.05, 4.69) is 25.4 Å². The molecule has 6 nitrogen and oxygen atoms in total. The number of nitrogens with zero attached hydrogens (tertiary/aromatic N) is 3. The number of aromatic nitrogens is 3. The van der Waals surface area contributed by atoms with Gasteiger partial charge in [-0.2, -0.15) is 0 Å². The fraction of sp³-hybridized carbons (Fsp3) is 0.727. The molecule has 6 heteroatoms. The lowest BCUT2D eigenvalue weighted by Crippen LogP contribution is -2.37. The number of aryl methyl sites for hydroxylation is 1. The fourth-order valence-electron chi connectivity index (χ4n) is 2.12. The van der Waals surface area contributed by atoms with Crippen molar-refractivity contribution >= 4 is 6.03 Å². The van der Waals surface area contributed by atoms with Crippen molar-refractivity contribution in [1.82, 2.24) is 25.4 Å². The van der Waals surface area contributed by atoms with Crippen LogP contribution in [-0.2, 0) is 19.5 Å². The molecule has 1 saturated carbocycles. The molecule has 2 heterocycles. The van der Waals surface area contributed by atoms with Crippen molar-refractivity contribution in [2.24, 2.45) is 0 Å². The lowest BCUT2D eigenvalue weighted by atomic mass is 10.2. The maximum absolute atomic E-state index is 11.5. The number of amides is 2. The molecule has 0 spiro atoms. The Bertz CT molecular complexity index is 423. The predicted octanol–water partition coefficient (Wildman–Crippen LogP) is 0.576. The minimum absolute atomic E-state index is 0.0966. The fourth-order valence-corrected chi connectivity index (χ4v) is 2.12. The number of rotatable bonds is 3. The lowest BCUT2D eigenvalue weighted by Gasteiger charge is -2.14. The van der Waals surface area contributed by atoms with Crippen molar-refractivity contribution in [3.05, 3.63) is 11.6 Å².